The Bertz CT molecular complexity index is 409. The van der Waals surface area contributed by atoms with Crippen LogP contribution in [0.3, 0.4) is 0 Å². The van der Waals surface area contributed by atoms with Crippen LogP contribution in [-0.4, -0.2) is 17.1 Å². The summed E-state index contributed by atoms with van der Waals surface area (Å²) in [7, 11) is 0. The van der Waals surface area contributed by atoms with Gasteiger partial charge in [-0.25, -0.2) is 0 Å². The molecule has 0 radical (unpaired) electrons. The van der Waals surface area contributed by atoms with Crippen LogP contribution in [0.25, 0.3) is 0 Å². The average Bonchev–Trinajstić information content (AvgIpc) is 2.18. The summed E-state index contributed by atoms with van der Waals surface area (Å²) in [6.45, 7) is 0. The lowest BCUT2D eigenvalue weighted by Crippen LogP contribution is -2.04. The predicted molar refractivity (Wildman–Crippen MR) is 56.8 cm³/mol. The normalized spacial score (nSPS) is 22.4. The summed E-state index contributed by atoms with van der Waals surface area (Å²) < 4.78 is 0. The van der Waals surface area contributed by atoms with E-state index in [1.165, 1.54) is 0 Å². The smallest absolute Gasteiger partial charge is 0.0839 e. The van der Waals surface area contributed by atoms with Crippen LogP contribution in [0.2, 0.25) is 0 Å². The highest BCUT2D eigenvalue weighted by Gasteiger charge is 2.10. The molecule has 3 nitrogen and oxygen atoms in total. The van der Waals surface area contributed by atoms with E-state index in [1.807, 2.05) is 30.4 Å². The Morgan fingerprint density at radius 2 is 2.21 bits per heavy atom. The molecule has 0 atom stereocenters. The molecule has 1 aliphatic carbocycles. The van der Waals surface area contributed by atoms with E-state index < -0.39 is 0 Å². The Hall–Kier alpha value is -1.90. The van der Waals surface area contributed by atoms with Gasteiger partial charge in [-0.3, -0.25) is 4.99 Å². The van der Waals surface area contributed by atoms with Crippen LogP contribution < -0.4 is 0 Å². The van der Waals surface area contributed by atoms with Crippen molar-refractivity contribution in [3.05, 3.63) is 47.7 Å². The Morgan fingerprint density at radius 1 is 1.29 bits per heavy atom. The molecule has 0 aromatic rings. The Morgan fingerprint density at radius 3 is 3.07 bits per heavy atom. The number of hydrogen-bond acceptors (Lipinski definition) is 3. The van der Waals surface area contributed by atoms with Crippen molar-refractivity contribution in [3.63, 3.8) is 0 Å². The first kappa shape index (κ1) is 8.69. The maximum atomic E-state index is 8.65. The van der Waals surface area contributed by atoms with Crippen LogP contribution in [0, 0.1) is 0 Å². The molecule has 2 aliphatic rings. The zero-order valence-electron chi connectivity index (χ0n) is 7.59. The summed E-state index contributed by atoms with van der Waals surface area (Å²) in [5.74, 6) is 0. The van der Waals surface area contributed by atoms with E-state index in [0.717, 1.165) is 11.1 Å². The Kier molecular flexibility index (Phi) is 2.40. The zero-order valence-corrected chi connectivity index (χ0v) is 7.59. The number of allylic oxidation sites excluding steroid dienone is 7. The molecule has 0 amide bonds. The first-order valence-corrected chi connectivity index (χ1v) is 4.39. The number of oxime groups is 1. The highest BCUT2D eigenvalue weighted by molar-refractivity contribution is 5.99. The lowest BCUT2D eigenvalue weighted by Gasteiger charge is -2.12. The fourth-order valence-electron chi connectivity index (χ4n) is 1.42. The standard InChI is InChI=1S/C11H10N2O/c14-13-11-4-3-9-5-7-12-6-1-2-10(9)8-11/h1-7,14H,8H2. The van der Waals surface area contributed by atoms with Gasteiger partial charge >= 0.3 is 0 Å². The van der Waals surface area contributed by atoms with Gasteiger partial charge in [0, 0.05) is 18.8 Å². The third-order valence-corrected chi connectivity index (χ3v) is 2.14. The summed E-state index contributed by atoms with van der Waals surface area (Å²) >= 11 is 0. The lowest BCUT2D eigenvalue weighted by molar-refractivity contribution is 0.318. The van der Waals surface area contributed by atoms with Gasteiger partial charge in [0.2, 0.25) is 0 Å². The summed E-state index contributed by atoms with van der Waals surface area (Å²) in [4.78, 5) is 4.02. The third kappa shape index (κ3) is 1.71. The molecule has 0 bridgehead atoms. The van der Waals surface area contributed by atoms with Crippen LogP contribution in [0.5, 0.6) is 0 Å². The van der Waals surface area contributed by atoms with Crippen LogP contribution in [0.15, 0.2) is 57.9 Å². The monoisotopic (exact) mass is 186 g/mol. The van der Waals surface area contributed by atoms with Gasteiger partial charge in [0.1, 0.15) is 0 Å². The molecule has 70 valence electrons. The second-order valence-corrected chi connectivity index (χ2v) is 3.06. The molecule has 0 aromatic carbocycles. The van der Waals surface area contributed by atoms with E-state index in [9.17, 15) is 0 Å². The minimum Gasteiger partial charge on any atom is -0.411 e. The molecule has 0 unspecified atom stereocenters. The second-order valence-electron chi connectivity index (χ2n) is 3.06. The SMILES string of the molecule is ON=C1C=CC2=CC=NC=CC=C2C1. The van der Waals surface area contributed by atoms with Crippen LogP contribution in [0.1, 0.15) is 6.42 Å². The van der Waals surface area contributed by atoms with Gasteiger partial charge in [0.25, 0.3) is 0 Å². The van der Waals surface area contributed by atoms with E-state index in [0.29, 0.717) is 12.1 Å². The van der Waals surface area contributed by atoms with Gasteiger partial charge in [0.05, 0.1) is 5.71 Å². The minimum atomic E-state index is 0.664. The van der Waals surface area contributed by atoms with Gasteiger partial charge < -0.3 is 5.21 Å². The average molecular weight is 186 g/mol. The molecule has 1 N–H and O–H groups in total. The van der Waals surface area contributed by atoms with Crippen molar-refractivity contribution in [2.45, 2.75) is 6.42 Å². The fourth-order valence-corrected chi connectivity index (χ4v) is 1.42. The number of rotatable bonds is 0. The van der Waals surface area contributed by atoms with Crippen molar-refractivity contribution in [2.75, 3.05) is 0 Å². The quantitative estimate of drug-likeness (QED) is 0.457. The fraction of sp³-hybridized carbons (Fsp3) is 0.0909. The van der Waals surface area contributed by atoms with Crippen molar-refractivity contribution >= 4 is 11.9 Å². The van der Waals surface area contributed by atoms with Crippen LogP contribution in [0.4, 0.5) is 0 Å². The van der Waals surface area contributed by atoms with Crippen molar-refractivity contribution in [1.82, 2.24) is 0 Å². The summed E-state index contributed by atoms with van der Waals surface area (Å²) in [5.41, 5.74) is 2.94. The molecule has 0 saturated heterocycles. The lowest BCUT2D eigenvalue weighted by atomic mass is 9.93. The molecule has 1 heterocycles. The third-order valence-electron chi connectivity index (χ3n) is 2.14. The van der Waals surface area contributed by atoms with Crippen molar-refractivity contribution in [3.8, 4) is 0 Å². The van der Waals surface area contributed by atoms with Gasteiger partial charge in [-0.05, 0) is 29.4 Å². The molecule has 14 heavy (non-hydrogen) atoms. The minimum absolute atomic E-state index is 0.664. The largest absolute Gasteiger partial charge is 0.411 e. The molecule has 0 fully saturated rings. The van der Waals surface area contributed by atoms with E-state index in [-0.39, 0.29) is 0 Å². The van der Waals surface area contributed by atoms with E-state index in [4.69, 9.17) is 5.21 Å². The van der Waals surface area contributed by atoms with Gasteiger partial charge in [-0.2, -0.15) is 0 Å². The van der Waals surface area contributed by atoms with E-state index in [2.05, 4.69) is 10.1 Å². The molecular formula is C11H10N2O. The summed E-state index contributed by atoms with van der Waals surface area (Å²) in [6.07, 6.45) is 13.7. The highest BCUT2D eigenvalue weighted by Crippen LogP contribution is 2.22. The number of hydrogen-bond donors (Lipinski definition) is 1. The molecule has 1 aliphatic heterocycles. The van der Waals surface area contributed by atoms with Gasteiger partial charge in [-0.15, -0.1) is 0 Å². The molecule has 3 heteroatoms. The van der Waals surface area contributed by atoms with Crippen molar-refractivity contribution < 1.29 is 5.21 Å². The van der Waals surface area contributed by atoms with Crippen LogP contribution >= 0.6 is 0 Å². The topological polar surface area (TPSA) is 45.0 Å². The van der Waals surface area contributed by atoms with Gasteiger partial charge in [-0.1, -0.05) is 17.3 Å². The molecule has 0 saturated carbocycles. The van der Waals surface area contributed by atoms with Crippen LogP contribution in [-0.2, 0) is 0 Å². The van der Waals surface area contributed by atoms with E-state index >= 15 is 0 Å². The van der Waals surface area contributed by atoms with E-state index in [1.54, 1.807) is 12.4 Å². The Balaban J connectivity index is 2.40. The summed E-state index contributed by atoms with van der Waals surface area (Å²) in [6, 6.07) is 0. The van der Waals surface area contributed by atoms with Crippen molar-refractivity contribution in [1.29, 1.82) is 0 Å². The maximum Gasteiger partial charge on any atom is 0.0839 e. The first-order chi connectivity index (χ1) is 6.90. The number of nitrogens with zero attached hydrogens (tertiary/aromatic N) is 2. The van der Waals surface area contributed by atoms with Gasteiger partial charge in [0.15, 0.2) is 0 Å². The molecule has 2 rings (SSSR count). The zero-order chi connectivity index (χ0) is 9.80. The maximum absolute atomic E-state index is 8.65. The molecule has 0 spiro atoms. The van der Waals surface area contributed by atoms with Crippen molar-refractivity contribution in [2.24, 2.45) is 10.1 Å². The Labute approximate surface area is 82.2 Å². The first-order valence-electron chi connectivity index (χ1n) is 4.39. The summed E-state index contributed by atoms with van der Waals surface area (Å²) in [5, 5.41) is 11.8. The highest BCUT2D eigenvalue weighted by atomic mass is 16.4. The number of fused-ring (bicyclic) bond motifs is 1. The second kappa shape index (κ2) is 3.87. The number of aliphatic imine (C=N–C) groups is 1. The molecular weight excluding hydrogens is 176 g/mol. The molecule has 0 aromatic heterocycles. The predicted octanol–water partition coefficient (Wildman–Crippen LogP) is 2.23.